The lowest BCUT2D eigenvalue weighted by Crippen LogP contribution is -2.13. The number of carbonyl (C=O) groups is 1. The Hall–Kier alpha value is -0.310. The predicted molar refractivity (Wildman–Crippen MR) is 74.9 cm³/mol. The van der Waals surface area contributed by atoms with Crippen molar-refractivity contribution in [1.82, 2.24) is 4.98 Å². The first-order chi connectivity index (χ1) is 8.51. The molecule has 0 spiro atoms. The quantitative estimate of drug-likeness (QED) is 0.404. The standard InChI is InChI=1S/C11H11BrF2INO2/c1-2-18-9(17)3-6-7(4-12)8(15)5-16-10(6)11(13)14/h5,11H,2-4H2,1H3. The highest BCUT2D eigenvalue weighted by Crippen LogP contribution is 2.28. The molecule has 0 aliphatic carbocycles. The molecule has 0 saturated heterocycles. The topological polar surface area (TPSA) is 39.2 Å². The Morgan fingerprint density at radius 1 is 1.56 bits per heavy atom. The van der Waals surface area contributed by atoms with Crippen LogP contribution < -0.4 is 0 Å². The summed E-state index contributed by atoms with van der Waals surface area (Å²) < 4.78 is 31.3. The SMILES string of the molecule is CCOC(=O)Cc1c(C(F)F)ncc(I)c1CBr. The normalized spacial score (nSPS) is 10.8. The minimum atomic E-state index is -2.70. The van der Waals surface area contributed by atoms with E-state index < -0.39 is 12.4 Å². The van der Waals surface area contributed by atoms with Gasteiger partial charge in [-0.1, -0.05) is 15.9 Å². The molecule has 18 heavy (non-hydrogen) atoms. The number of hydrogen-bond acceptors (Lipinski definition) is 3. The fraction of sp³-hybridized carbons (Fsp3) is 0.455. The number of carbonyl (C=O) groups excluding carboxylic acids is 1. The maximum absolute atomic E-state index is 12.9. The lowest BCUT2D eigenvalue weighted by atomic mass is 10.0. The third kappa shape index (κ3) is 3.84. The average molecular weight is 434 g/mol. The van der Waals surface area contributed by atoms with Crippen molar-refractivity contribution in [3.8, 4) is 0 Å². The van der Waals surface area contributed by atoms with Crippen molar-refractivity contribution in [2.45, 2.75) is 25.1 Å². The van der Waals surface area contributed by atoms with Gasteiger partial charge in [0.25, 0.3) is 6.43 Å². The van der Waals surface area contributed by atoms with Crippen LogP contribution in [-0.2, 0) is 21.3 Å². The van der Waals surface area contributed by atoms with Crippen LogP contribution in [0, 0.1) is 3.57 Å². The van der Waals surface area contributed by atoms with E-state index in [9.17, 15) is 13.6 Å². The smallest absolute Gasteiger partial charge is 0.310 e. The number of alkyl halides is 3. The Bertz CT molecular complexity index is 443. The molecule has 1 heterocycles. The van der Waals surface area contributed by atoms with Crippen molar-refractivity contribution < 1.29 is 18.3 Å². The van der Waals surface area contributed by atoms with Crippen molar-refractivity contribution >= 4 is 44.5 Å². The summed E-state index contributed by atoms with van der Waals surface area (Å²) in [4.78, 5) is 15.2. The summed E-state index contributed by atoms with van der Waals surface area (Å²) in [5.74, 6) is -0.523. The van der Waals surface area contributed by atoms with E-state index in [0.717, 1.165) is 3.57 Å². The second kappa shape index (κ2) is 7.32. The molecule has 0 saturated carbocycles. The van der Waals surface area contributed by atoms with Crippen LogP contribution in [0.15, 0.2) is 6.20 Å². The molecule has 3 nitrogen and oxygen atoms in total. The zero-order chi connectivity index (χ0) is 13.7. The molecule has 0 atom stereocenters. The Kier molecular flexibility index (Phi) is 6.40. The number of pyridine rings is 1. The number of hydrogen-bond donors (Lipinski definition) is 0. The van der Waals surface area contributed by atoms with Crippen molar-refractivity contribution in [3.63, 3.8) is 0 Å². The summed E-state index contributed by atoms with van der Waals surface area (Å²) in [6.45, 7) is 1.90. The fourth-order valence-corrected chi connectivity index (χ4v) is 3.29. The van der Waals surface area contributed by atoms with E-state index in [4.69, 9.17) is 4.74 Å². The third-order valence-electron chi connectivity index (χ3n) is 2.25. The predicted octanol–water partition coefficient (Wildman–Crippen LogP) is 3.62. The van der Waals surface area contributed by atoms with Gasteiger partial charge in [-0.25, -0.2) is 8.78 Å². The first-order valence-corrected chi connectivity index (χ1v) is 7.37. The maximum Gasteiger partial charge on any atom is 0.310 e. The number of rotatable bonds is 5. The molecule has 0 bridgehead atoms. The molecule has 0 unspecified atom stereocenters. The van der Waals surface area contributed by atoms with Crippen molar-refractivity contribution in [2.24, 2.45) is 0 Å². The lowest BCUT2D eigenvalue weighted by Gasteiger charge is -2.13. The number of esters is 1. The van der Waals surface area contributed by atoms with Gasteiger partial charge in [-0.15, -0.1) is 0 Å². The van der Waals surface area contributed by atoms with Gasteiger partial charge in [-0.2, -0.15) is 0 Å². The molecule has 1 aromatic heterocycles. The molecule has 0 N–H and O–H groups in total. The third-order valence-corrected chi connectivity index (χ3v) is 3.74. The van der Waals surface area contributed by atoms with Crippen LogP contribution in [-0.4, -0.2) is 17.6 Å². The maximum atomic E-state index is 12.9. The molecule has 0 fully saturated rings. The summed E-state index contributed by atoms with van der Waals surface area (Å²) in [5.41, 5.74) is 0.569. The Morgan fingerprint density at radius 3 is 2.72 bits per heavy atom. The second-order valence-corrected chi connectivity index (χ2v) is 5.09. The van der Waals surface area contributed by atoms with Gasteiger partial charge in [-0.05, 0) is 40.6 Å². The highest BCUT2D eigenvalue weighted by atomic mass is 127. The first-order valence-electron chi connectivity index (χ1n) is 5.17. The molecule has 1 aromatic rings. The van der Waals surface area contributed by atoms with E-state index in [1.807, 2.05) is 22.6 Å². The van der Waals surface area contributed by atoms with E-state index in [-0.39, 0.29) is 24.3 Å². The molecular weight excluding hydrogens is 423 g/mol. The van der Waals surface area contributed by atoms with E-state index in [2.05, 4.69) is 20.9 Å². The average Bonchev–Trinajstić information content (AvgIpc) is 2.29. The number of nitrogens with zero attached hydrogens (tertiary/aromatic N) is 1. The van der Waals surface area contributed by atoms with Crippen molar-refractivity contribution in [2.75, 3.05) is 6.61 Å². The molecule has 100 valence electrons. The van der Waals surface area contributed by atoms with Gasteiger partial charge in [0, 0.05) is 15.1 Å². The van der Waals surface area contributed by atoms with Gasteiger partial charge < -0.3 is 4.74 Å². The minimum absolute atomic E-state index is 0.182. The summed E-state index contributed by atoms with van der Waals surface area (Å²) >= 11 is 5.25. The Balaban J connectivity index is 3.19. The summed E-state index contributed by atoms with van der Waals surface area (Å²) in [7, 11) is 0. The molecule has 0 aliphatic heterocycles. The van der Waals surface area contributed by atoms with Crippen LogP contribution in [0.5, 0.6) is 0 Å². The lowest BCUT2D eigenvalue weighted by molar-refractivity contribution is -0.142. The fourth-order valence-electron chi connectivity index (χ4n) is 1.47. The highest BCUT2D eigenvalue weighted by molar-refractivity contribution is 14.1. The van der Waals surface area contributed by atoms with Crippen LogP contribution in [0.3, 0.4) is 0 Å². The zero-order valence-electron chi connectivity index (χ0n) is 9.55. The van der Waals surface area contributed by atoms with Crippen molar-refractivity contribution in [1.29, 1.82) is 0 Å². The van der Waals surface area contributed by atoms with Gasteiger partial charge in [0.15, 0.2) is 0 Å². The second-order valence-electron chi connectivity index (χ2n) is 3.36. The molecule has 0 aromatic carbocycles. The molecule has 7 heteroatoms. The molecule has 1 rings (SSSR count). The van der Waals surface area contributed by atoms with Crippen LogP contribution in [0.4, 0.5) is 8.78 Å². The minimum Gasteiger partial charge on any atom is -0.466 e. The van der Waals surface area contributed by atoms with Gasteiger partial charge in [0.1, 0.15) is 5.69 Å². The van der Waals surface area contributed by atoms with Crippen LogP contribution in [0.1, 0.15) is 30.2 Å². The van der Waals surface area contributed by atoms with Gasteiger partial charge in [0.05, 0.1) is 13.0 Å². The number of ether oxygens (including phenoxy) is 1. The van der Waals surface area contributed by atoms with Gasteiger partial charge >= 0.3 is 5.97 Å². The Morgan fingerprint density at radius 2 is 2.22 bits per heavy atom. The van der Waals surface area contributed by atoms with E-state index in [1.165, 1.54) is 6.20 Å². The van der Waals surface area contributed by atoms with Crippen LogP contribution >= 0.6 is 38.5 Å². The summed E-state index contributed by atoms with van der Waals surface area (Å²) in [6, 6.07) is 0. The van der Waals surface area contributed by atoms with Crippen molar-refractivity contribution in [3.05, 3.63) is 26.6 Å². The highest BCUT2D eigenvalue weighted by Gasteiger charge is 2.22. The van der Waals surface area contributed by atoms with Gasteiger partial charge in [-0.3, -0.25) is 9.78 Å². The number of aromatic nitrogens is 1. The van der Waals surface area contributed by atoms with E-state index in [0.29, 0.717) is 10.9 Å². The summed E-state index contributed by atoms with van der Waals surface area (Å²) in [5, 5.41) is 0.391. The van der Waals surface area contributed by atoms with E-state index >= 15 is 0 Å². The van der Waals surface area contributed by atoms with Crippen LogP contribution in [0.2, 0.25) is 0 Å². The van der Waals surface area contributed by atoms with Gasteiger partial charge in [0.2, 0.25) is 0 Å². The van der Waals surface area contributed by atoms with E-state index in [1.54, 1.807) is 6.92 Å². The molecule has 0 aliphatic rings. The summed E-state index contributed by atoms with van der Waals surface area (Å²) in [6.07, 6.45) is -1.50. The molecule has 0 radical (unpaired) electrons. The number of halogens is 4. The van der Waals surface area contributed by atoms with Crippen LogP contribution in [0.25, 0.3) is 0 Å². The molecule has 0 amide bonds. The largest absolute Gasteiger partial charge is 0.466 e. The molecular formula is C11H11BrF2INO2. The zero-order valence-corrected chi connectivity index (χ0v) is 13.3. The Labute approximate surface area is 126 Å². The monoisotopic (exact) mass is 433 g/mol. The first kappa shape index (κ1) is 15.7.